The minimum atomic E-state index is 0.846. The number of nitrogens with one attached hydrogen (secondary N) is 1. The smallest absolute Gasteiger partial charge is 0.225 e. The van der Waals surface area contributed by atoms with Crippen molar-refractivity contribution in [3.63, 3.8) is 0 Å². The first-order valence-electron chi connectivity index (χ1n) is 8.89. The van der Waals surface area contributed by atoms with Crippen molar-refractivity contribution < 1.29 is 0 Å². The number of fused-ring (bicyclic) bond motifs is 1. The molecule has 0 unspecified atom stereocenters. The molecule has 0 radical (unpaired) electrons. The van der Waals surface area contributed by atoms with Gasteiger partial charge in [0, 0.05) is 58.2 Å². The molecule has 1 N–H and O–H groups in total. The van der Waals surface area contributed by atoms with E-state index in [0.717, 1.165) is 71.1 Å². The lowest BCUT2D eigenvalue weighted by Gasteiger charge is -2.21. The Balaban J connectivity index is 1.38. The van der Waals surface area contributed by atoms with E-state index >= 15 is 0 Å². The molecular formula is C17H25N7. The van der Waals surface area contributed by atoms with Crippen molar-refractivity contribution in [1.82, 2.24) is 30.0 Å². The molecule has 2 aromatic heterocycles. The first-order chi connectivity index (χ1) is 11.9. The molecule has 0 amide bonds. The number of nitrogens with zero attached hydrogens (tertiary/aromatic N) is 6. The molecule has 2 aliphatic rings. The molecule has 0 atom stereocenters. The Labute approximate surface area is 142 Å². The molecule has 1 saturated heterocycles. The van der Waals surface area contributed by atoms with Gasteiger partial charge in [0.15, 0.2) is 0 Å². The molecule has 0 aliphatic carbocycles. The third kappa shape index (κ3) is 3.57. The van der Waals surface area contributed by atoms with Gasteiger partial charge in [-0.3, -0.25) is 9.58 Å². The lowest BCUT2D eigenvalue weighted by molar-refractivity contribution is 0.280. The van der Waals surface area contributed by atoms with Crippen LogP contribution in [0.25, 0.3) is 0 Å². The Morgan fingerprint density at radius 3 is 2.83 bits per heavy atom. The quantitative estimate of drug-likeness (QED) is 0.903. The van der Waals surface area contributed by atoms with E-state index in [2.05, 4.69) is 35.8 Å². The molecular weight excluding hydrogens is 302 g/mol. The second-order valence-electron chi connectivity index (χ2n) is 6.55. The van der Waals surface area contributed by atoms with Crippen molar-refractivity contribution in [2.24, 2.45) is 0 Å². The zero-order valence-electron chi connectivity index (χ0n) is 14.1. The highest BCUT2D eigenvalue weighted by molar-refractivity contribution is 5.28. The van der Waals surface area contributed by atoms with Gasteiger partial charge >= 0.3 is 0 Å². The topological polar surface area (TPSA) is 62.1 Å². The summed E-state index contributed by atoms with van der Waals surface area (Å²) in [4.78, 5) is 13.5. The van der Waals surface area contributed by atoms with Crippen LogP contribution >= 0.6 is 0 Å². The Morgan fingerprint density at radius 2 is 1.92 bits per heavy atom. The van der Waals surface area contributed by atoms with Crippen LogP contribution in [0.1, 0.15) is 24.2 Å². The molecule has 0 bridgehead atoms. The molecule has 0 saturated carbocycles. The number of hydrogen-bond donors (Lipinski definition) is 1. The summed E-state index contributed by atoms with van der Waals surface area (Å²) in [5, 5.41) is 8.27. The summed E-state index contributed by atoms with van der Waals surface area (Å²) in [6, 6.07) is 4.13. The van der Waals surface area contributed by atoms with Crippen LogP contribution in [0, 0.1) is 0 Å². The predicted molar refractivity (Wildman–Crippen MR) is 92.7 cm³/mol. The van der Waals surface area contributed by atoms with Gasteiger partial charge in [-0.25, -0.2) is 9.97 Å². The van der Waals surface area contributed by atoms with Crippen LogP contribution < -0.4 is 10.2 Å². The molecule has 2 aromatic rings. The van der Waals surface area contributed by atoms with Gasteiger partial charge < -0.3 is 10.2 Å². The van der Waals surface area contributed by atoms with Gasteiger partial charge in [-0.2, -0.15) is 5.10 Å². The first kappa shape index (κ1) is 15.5. The highest BCUT2D eigenvalue weighted by atomic mass is 15.3. The number of aryl methyl sites for hydroxylation is 1. The van der Waals surface area contributed by atoms with Gasteiger partial charge in [-0.15, -0.1) is 0 Å². The van der Waals surface area contributed by atoms with E-state index in [4.69, 9.17) is 5.10 Å². The normalized spacial score (nSPS) is 19.6. The van der Waals surface area contributed by atoms with E-state index in [1.807, 2.05) is 18.5 Å². The van der Waals surface area contributed by atoms with Gasteiger partial charge in [0.25, 0.3) is 0 Å². The number of aromatic nitrogens is 4. The predicted octanol–water partition coefficient (Wildman–Crippen LogP) is 0.879. The van der Waals surface area contributed by atoms with Crippen molar-refractivity contribution in [2.45, 2.75) is 32.5 Å². The highest BCUT2D eigenvalue weighted by Crippen LogP contribution is 2.14. The number of hydrogen-bond acceptors (Lipinski definition) is 6. The lowest BCUT2D eigenvalue weighted by atomic mass is 10.3. The summed E-state index contributed by atoms with van der Waals surface area (Å²) in [5.74, 6) is 0.846. The van der Waals surface area contributed by atoms with Crippen LogP contribution in [0.4, 0.5) is 5.95 Å². The largest absolute Gasteiger partial charge is 0.339 e. The van der Waals surface area contributed by atoms with E-state index in [1.165, 1.54) is 11.4 Å². The maximum Gasteiger partial charge on any atom is 0.225 e. The van der Waals surface area contributed by atoms with Gasteiger partial charge in [0.2, 0.25) is 5.95 Å². The molecule has 0 spiro atoms. The molecule has 7 heteroatoms. The van der Waals surface area contributed by atoms with Crippen LogP contribution in [0.15, 0.2) is 24.5 Å². The van der Waals surface area contributed by atoms with Gasteiger partial charge in [-0.1, -0.05) is 0 Å². The Bertz CT molecular complexity index is 631. The second kappa shape index (κ2) is 7.27. The summed E-state index contributed by atoms with van der Waals surface area (Å²) in [6.45, 7) is 8.10. The summed E-state index contributed by atoms with van der Waals surface area (Å²) in [5.41, 5.74) is 2.51. The van der Waals surface area contributed by atoms with E-state index in [0.29, 0.717) is 0 Å². The van der Waals surface area contributed by atoms with Crippen LogP contribution in [0.2, 0.25) is 0 Å². The van der Waals surface area contributed by atoms with E-state index in [1.54, 1.807) is 0 Å². The first-order valence-corrected chi connectivity index (χ1v) is 8.89. The number of anilines is 1. The van der Waals surface area contributed by atoms with E-state index < -0.39 is 0 Å². The third-order valence-electron chi connectivity index (χ3n) is 4.75. The Kier molecular flexibility index (Phi) is 4.71. The fourth-order valence-electron chi connectivity index (χ4n) is 3.51. The average molecular weight is 327 g/mol. The van der Waals surface area contributed by atoms with Crippen molar-refractivity contribution in [3.8, 4) is 0 Å². The number of rotatable bonds is 3. The maximum atomic E-state index is 4.81. The van der Waals surface area contributed by atoms with E-state index in [-0.39, 0.29) is 0 Å². The molecule has 0 aromatic carbocycles. The fourth-order valence-corrected chi connectivity index (χ4v) is 3.51. The Morgan fingerprint density at radius 1 is 1.00 bits per heavy atom. The van der Waals surface area contributed by atoms with Crippen molar-refractivity contribution >= 4 is 5.95 Å². The van der Waals surface area contributed by atoms with Crippen molar-refractivity contribution in [1.29, 1.82) is 0 Å². The summed E-state index contributed by atoms with van der Waals surface area (Å²) >= 11 is 0. The summed E-state index contributed by atoms with van der Waals surface area (Å²) < 4.78 is 2.18. The third-order valence-corrected chi connectivity index (χ3v) is 4.75. The molecule has 1 fully saturated rings. The van der Waals surface area contributed by atoms with Crippen LogP contribution in [0.3, 0.4) is 0 Å². The minimum Gasteiger partial charge on any atom is -0.339 e. The van der Waals surface area contributed by atoms with Crippen LogP contribution in [-0.2, 0) is 19.6 Å². The van der Waals surface area contributed by atoms with Crippen LogP contribution in [0.5, 0.6) is 0 Å². The maximum absolute atomic E-state index is 4.81. The summed E-state index contributed by atoms with van der Waals surface area (Å²) in [6.07, 6.45) is 5.92. The fraction of sp³-hybridized carbons (Fsp3) is 0.588. The second-order valence-corrected chi connectivity index (χ2v) is 6.55. The molecule has 4 rings (SSSR count). The SMILES string of the molecule is c1cnc(N2CCCN(Cc3cc4n(n3)CCCNC4)CC2)nc1. The van der Waals surface area contributed by atoms with Crippen molar-refractivity contribution in [3.05, 3.63) is 35.9 Å². The zero-order chi connectivity index (χ0) is 16.2. The summed E-state index contributed by atoms with van der Waals surface area (Å²) in [7, 11) is 0. The molecule has 24 heavy (non-hydrogen) atoms. The van der Waals surface area contributed by atoms with Gasteiger partial charge in [0.05, 0.1) is 11.4 Å². The standard InChI is InChI=1S/C17H25N7/c1-5-19-17(20-6-1)23-8-3-7-22(10-11-23)14-15-12-16-13-18-4-2-9-24(16)21-15/h1,5-6,12,18H,2-4,7-11,13-14H2. The molecule has 4 heterocycles. The highest BCUT2D eigenvalue weighted by Gasteiger charge is 2.18. The lowest BCUT2D eigenvalue weighted by Crippen LogP contribution is -2.31. The van der Waals surface area contributed by atoms with Crippen molar-refractivity contribution in [2.75, 3.05) is 37.6 Å². The van der Waals surface area contributed by atoms with E-state index in [9.17, 15) is 0 Å². The van der Waals surface area contributed by atoms with Gasteiger partial charge in [-0.05, 0) is 31.5 Å². The molecule has 128 valence electrons. The molecule has 7 nitrogen and oxygen atoms in total. The minimum absolute atomic E-state index is 0.846. The average Bonchev–Trinajstić information content (AvgIpc) is 2.79. The molecule has 2 aliphatic heterocycles. The zero-order valence-corrected chi connectivity index (χ0v) is 14.1. The van der Waals surface area contributed by atoms with Crippen LogP contribution in [-0.4, -0.2) is 57.4 Å². The van der Waals surface area contributed by atoms with Gasteiger partial charge in [0.1, 0.15) is 0 Å². The monoisotopic (exact) mass is 327 g/mol. The Hall–Kier alpha value is -1.99.